The number of fused-ring (bicyclic) bond motifs is 1. The van der Waals surface area contributed by atoms with E-state index in [0.717, 1.165) is 27.0 Å². The van der Waals surface area contributed by atoms with Crippen LogP contribution in [0.3, 0.4) is 0 Å². The van der Waals surface area contributed by atoms with Gasteiger partial charge < -0.3 is 19.8 Å². The molecule has 3 aromatic carbocycles. The SMILES string of the molecule is COc1ccc(C(=O)NCCSc2c(-c3ccc(Br)cc3)[nH]c3ccccc23)c(OC)c1. The molecule has 0 aliphatic rings. The van der Waals surface area contributed by atoms with Crippen molar-refractivity contribution in [1.29, 1.82) is 0 Å². The molecule has 1 aromatic heterocycles. The Balaban J connectivity index is 1.47. The Bertz CT molecular complexity index is 1240. The number of thioether (sulfide) groups is 1. The minimum Gasteiger partial charge on any atom is -0.497 e. The number of hydrogen-bond acceptors (Lipinski definition) is 4. The summed E-state index contributed by atoms with van der Waals surface area (Å²) in [5.41, 5.74) is 3.80. The minimum atomic E-state index is -0.169. The van der Waals surface area contributed by atoms with Crippen molar-refractivity contribution in [2.45, 2.75) is 4.90 Å². The Labute approximate surface area is 199 Å². The highest BCUT2D eigenvalue weighted by atomic mass is 79.9. The van der Waals surface area contributed by atoms with Crippen LogP contribution in [0.1, 0.15) is 10.4 Å². The fourth-order valence-electron chi connectivity index (χ4n) is 3.48. The zero-order chi connectivity index (χ0) is 22.5. The van der Waals surface area contributed by atoms with Gasteiger partial charge in [-0.15, -0.1) is 11.8 Å². The van der Waals surface area contributed by atoms with E-state index in [-0.39, 0.29) is 5.91 Å². The number of para-hydroxylation sites is 1. The van der Waals surface area contributed by atoms with Crippen molar-refractivity contribution in [3.05, 3.63) is 76.8 Å². The van der Waals surface area contributed by atoms with Crippen LogP contribution in [-0.2, 0) is 0 Å². The van der Waals surface area contributed by atoms with Gasteiger partial charge >= 0.3 is 0 Å². The summed E-state index contributed by atoms with van der Waals surface area (Å²) in [6, 6.07) is 21.7. The summed E-state index contributed by atoms with van der Waals surface area (Å²) in [6.07, 6.45) is 0. The van der Waals surface area contributed by atoms with Crippen molar-refractivity contribution in [3.63, 3.8) is 0 Å². The third-order valence-corrected chi connectivity index (χ3v) is 6.73. The van der Waals surface area contributed by atoms with Crippen LogP contribution in [0.15, 0.2) is 76.1 Å². The van der Waals surface area contributed by atoms with E-state index in [1.165, 1.54) is 10.3 Å². The molecule has 0 bridgehead atoms. The molecule has 164 valence electrons. The second-order valence-corrected chi connectivity index (χ2v) is 9.07. The van der Waals surface area contributed by atoms with Crippen molar-refractivity contribution in [3.8, 4) is 22.8 Å². The molecule has 0 fully saturated rings. The number of amides is 1. The second kappa shape index (κ2) is 10.1. The molecule has 0 radical (unpaired) electrons. The molecule has 4 aromatic rings. The van der Waals surface area contributed by atoms with Crippen LogP contribution < -0.4 is 14.8 Å². The Morgan fingerprint density at radius 3 is 2.56 bits per heavy atom. The quantitative estimate of drug-likeness (QED) is 0.221. The zero-order valence-corrected chi connectivity index (χ0v) is 20.2. The number of halogens is 1. The molecule has 0 atom stereocenters. The highest BCUT2D eigenvalue weighted by Crippen LogP contribution is 2.37. The molecule has 5 nitrogen and oxygen atoms in total. The summed E-state index contributed by atoms with van der Waals surface area (Å²) in [5, 5.41) is 4.17. The molecule has 0 aliphatic heterocycles. The van der Waals surface area contributed by atoms with E-state index < -0.39 is 0 Å². The average molecular weight is 511 g/mol. The summed E-state index contributed by atoms with van der Waals surface area (Å²) in [6.45, 7) is 0.526. The fourth-order valence-corrected chi connectivity index (χ4v) is 4.80. The molecule has 4 rings (SSSR count). The smallest absolute Gasteiger partial charge is 0.255 e. The first-order chi connectivity index (χ1) is 15.6. The van der Waals surface area contributed by atoms with E-state index in [1.54, 1.807) is 44.2 Å². The normalized spacial score (nSPS) is 10.8. The second-order valence-electron chi connectivity index (χ2n) is 7.05. The van der Waals surface area contributed by atoms with Crippen molar-refractivity contribution in [1.82, 2.24) is 10.3 Å². The van der Waals surface area contributed by atoms with Crippen LogP contribution in [0.5, 0.6) is 11.5 Å². The molecular weight excluding hydrogens is 488 g/mol. The Hall–Kier alpha value is -2.90. The third kappa shape index (κ3) is 4.79. The van der Waals surface area contributed by atoms with E-state index in [0.29, 0.717) is 23.6 Å². The first-order valence-corrected chi connectivity index (χ1v) is 11.9. The number of carbonyl (C=O) groups excluding carboxylic acids is 1. The average Bonchev–Trinajstić information content (AvgIpc) is 3.20. The monoisotopic (exact) mass is 510 g/mol. The van der Waals surface area contributed by atoms with Gasteiger partial charge in [0.15, 0.2) is 0 Å². The molecule has 1 heterocycles. The Kier molecular flexibility index (Phi) is 7.07. The van der Waals surface area contributed by atoms with Crippen LogP contribution in [0.4, 0.5) is 0 Å². The number of ether oxygens (including phenoxy) is 2. The maximum atomic E-state index is 12.7. The number of carbonyl (C=O) groups is 1. The van der Waals surface area contributed by atoms with Gasteiger partial charge in [0, 0.05) is 38.6 Å². The number of aromatic amines is 1. The highest BCUT2D eigenvalue weighted by Gasteiger charge is 2.15. The standard InChI is InChI=1S/C25H23BrN2O3S/c1-30-18-11-12-20(22(15-18)31-2)25(29)27-13-14-32-24-19-5-3-4-6-21(19)28-23(24)16-7-9-17(26)10-8-16/h3-12,15,28H,13-14H2,1-2H3,(H,27,29). The lowest BCUT2D eigenvalue weighted by Gasteiger charge is -2.11. The molecule has 0 saturated heterocycles. The predicted molar refractivity (Wildman–Crippen MR) is 134 cm³/mol. The van der Waals surface area contributed by atoms with Crippen molar-refractivity contribution < 1.29 is 14.3 Å². The van der Waals surface area contributed by atoms with Crippen molar-refractivity contribution >= 4 is 44.5 Å². The third-order valence-electron chi connectivity index (χ3n) is 5.08. The van der Waals surface area contributed by atoms with Crippen LogP contribution in [0.2, 0.25) is 0 Å². The number of aromatic nitrogens is 1. The van der Waals surface area contributed by atoms with E-state index in [2.05, 4.69) is 50.5 Å². The van der Waals surface area contributed by atoms with E-state index in [1.807, 2.05) is 24.3 Å². The minimum absolute atomic E-state index is 0.169. The van der Waals surface area contributed by atoms with Crippen molar-refractivity contribution in [2.24, 2.45) is 0 Å². The van der Waals surface area contributed by atoms with Gasteiger partial charge in [-0.1, -0.05) is 46.3 Å². The number of rotatable bonds is 8. The molecule has 32 heavy (non-hydrogen) atoms. The molecule has 7 heteroatoms. The predicted octanol–water partition coefficient (Wildman–Crippen LogP) is 6.14. The zero-order valence-electron chi connectivity index (χ0n) is 17.8. The lowest BCUT2D eigenvalue weighted by Crippen LogP contribution is -2.26. The van der Waals surface area contributed by atoms with E-state index in [4.69, 9.17) is 9.47 Å². The first kappa shape index (κ1) is 22.3. The lowest BCUT2D eigenvalue weighted by molar-refractivity contribution is 0.0953. The number of H-pyrrole nitrogens is 1. The van der Waals surface area contributed by atoms with Gasteiger partial charge in [-0.25, -0.2) is 0 Å². The van der Waals surface area contributed by atoms with Gasteiger partial charge in [0.2, 0.25) is 0 Å². The number of methoxy groups -OCH3 is 2. The molecule has 0 saturated carbocycles. The van der Waals surface area contributed by atoms with Gasteiger partial charge in [-0.05, 0) is 35.9 Å². The fraction of sp³-hybridized carbons (Fsp3) is 0.160. The summed E-state index contributed by atoms with van der Waals surface area (Å²) < 4.78 is 11.6. The summed E-state index contributed by atoms with van der Waals surface area (Å²) >= 11 is 5.23. The first-order valence-electron chi connectivity index (χ1n) is 10.1. The number of hydrogen-bond donors (Lipinski definition) is 2. The van der Waals surface area contributed by atoms with Gasteiger partial charge in [0.05, 0.1) is 25.5 Å². The van der Waals surface area contributed by atoms with Gasteiger partial charge in [0.25, 0.3) is 5.91 Å². The van der Waals surface area contributed by atoms with Gasteiger partial charge in [-0.2, -0.15) is 0 Å². The van der Waals surface area contributed by atoms with Crippen LogP contribution >= 0.6 is 27.7 Å². The molecular formula is C25H23BrN2O3S. The van der Waals surface area contributed by atoms with Crippen molar-refractivity contribution in [2.75, 3.05) is 26.5 Å². The lowest BCUT2D eigenvalue weighted by atomic mass is 10.1. The maximum Gasteiger partial charge on any atom is 0.255 e. The van der Waals surface area contributed by atoms with Crippen LogP contribution in [0, 0.1) is 0 Å². The highest BCUT2D eigenvalue weighted by molar-refractivity contribution is 9.10. The molecule has 0 spiro atoms. The van der Waals surface area contributed by atoms with Gasteiger partial charge in [-0.3, -0.25) is 4.79 Å². The van der Waals surface area contributed by atoms with Crippen LogP contribution in [-0.4, -0.2) is 37.4 Å². The summed E-state index contributed by atoms with van der Waals surface area (Å²) in [7, 11) is 3.13. The number of nitrogens with one attached hydrogen (secondary N) is 2. The van der Waals surface area contributed by atoms with E-state index >= 15 is 0 Å². The van der Waals surface area contributed by atoms with E-state index in [9.17, 15) is 4.79 Å². The maximum absolute atomic E-state index is 12.7. The molecule has 2 N–H and O–H groups in total. The largest absolute Gasteiger partial charge is 0.497 e. The molecule has 0 aliphatic carbocycles. The molecule has 0 unspecified atom stereocenters. The molecule has 1 amide bonds. The Morgan fingerprint density at radius 1 is 1.03 bits per heavy atom. The summed E-state index contributed by atoms with van der Waals surface area (Å²) in [5.74, 6) is 1.70. The Morgan fingerprint density at radius 2 is 1.81 bits per heavy atom. The topological polar surface area (TPSA) is 63.3 Å². The summed E-state index contributed by atoms with van der Waals surface area (Å²) in [4.78, 5) is 17.4. The van der Waals surface area contributed by atoms with Gasteiger partial charge in [0.1, 0.15) is 11.5 Å². The number of benzene rings is 3. The van der Waals surface area contributed by atoms with Crippen LogP contribution in [0.25, 0.3) is 22.2 Å².